The van der Waals surface area contributed by atoms with Crippen LogP contribution < -0.4 is 0 Å². The Hall–Kier alpha value is -0.700. The quantitative estimate of drug-likeness (QED) is 0.468. The van der Waals surface area contributed by atoms with Gasteiger partial charge in [-0.15, -0.1) is 0 Å². The minimum atomic E-state index is -5.26. The van der Waals surface area contributed by atoms with Crippen molar-refractivity contribution in [2.75, 3.05) is 18.5 Å². The molecule has 0 heterocycles. The molecule has 15 heavy (non-hydrogen) atoms. The summed E-state index contributed by atoms with van der Waals surface area (Å²) in [7, 11) is -5.26. The van der Waals surface area contributed by atoms with Gasteiger partial charge in [0.05, 0.1) is 0 Å². The van der Waals surface area contributed by atoms with E-state index >= 15 is 0 Å². The van der Waals surface area contributed by atoms with E-state index in [0.717, 1.165) is 0 Å². The van der Waals surface area contributed by atoms with Crippen molar-refractivity contribution in [3.63, 3.8) is 0 Å². The molecule has 0 aromatic carbocycles. The van der Waals surface area contributed by atoms with E-state index in [1.807, 2.05) is 0 Å². The molecule has 0 saturated carbocycles. The van der Waals surface area contributed by atoms with E-state index in [2.05, 4.69) is 0 Å². The SMILES string of the molecule is FC=CCP(F)(F)(CC=CF)CC=CF. The van der Waals surface area contributed by atoms with Crippen molar-refractivity contribution in [3.05, 3.63) is 37.2 Å². The average molecular weight is 246 g/mol. The summed E-state index contributed by atoms with van der Waals surface area (Å²) in [6.07, 6.45) is -0.275. The van der Waals surface area contributed by atoms with Gasteiger partial charge in [0.2, 0.25) is 0 Å². The van der Waals surface area contributed by atoms with E-state index in [1.54, 1.807) is 0 Å². The molecule has 0 unspecified atom stereocenters. The fraction of sp³-hybridized carbons (Fsp3) is 0.333. The second-order valence-corrected chi connectivity index (χ2v) is 7.08. The Morgan fingerprint density at radius 3 is 1.13 bits per heavy atom. The predicted molar refractivity (Wildman–Crippen MR) is 54.5 cm³/mol. The molecule has 0 rings (SSSR count). The van der Waals surface area contributed by atoms with Crippen LogP contribution in [0.4, 0.5) is 21.6 Å². The molecule has 0 aliphatic carbocycles. The molecular formula is C9H12F5P. The molecule has 0 saturated heterocycles. The molecule has 0 aromatic rings. The van der Waals surface area contributed by atoms with Crippen LogP contribution in [0.2, 0.25) is 0 Å². The second kappa shape index (κ2) is 6.01. The topological polar surface area (TPSA) is 0 Å². The van der Waals surface area contributed by atoms with Crippen LogP contribution in [0.1, 0.15) is 0 Å². The molecule has 0 bridgehead atoms. The Balaban J connectivity index is 4.77. The van der Waals surface area contributed by atoms with Gasteiger partial charge in [-0.3, -0.25) is 0 Å². The predicted octanol–water partition coefficient (Wildman–Crippen LogP) is 4.76. The van der Waals surface area contributed by atoms with Crippen molar-refractivity contribution in [1.82, 2.24) is 0 Å². The van der Waals surface area contributed by atoms with Crippen LogP contribution in [0, 0.1) is 0 Å². The van der Waals surface area contributed by atoms with Gasteiger partial charge in [-0.05, 0) is 0 Å². The van der Waals surface area contributed by atoms with Crippen LogP contribution in [0.15, 0.2) is 37.2 Å². The summed E-state index contributed by atoms with van der Waals surface area (Å²) in [5.74, 6) is 0. The molecule has 0 N–H and O–H groups in total. The van der Waals surface area contributed by atoms with Crippen LogP contribution in [0.25, 0.3) is 0 Å². The van der Waals surface area contributed by atoms with Crippen LogP contribution >= 0.6 is 7.22 Å². The molecule has 88 valence electrons. The second-order valence-electron chi connectivity index (χ2n) is 3.08. The zero-order valence-corrected chi connectivity index (χ0v) is 8.82. The molecule has 0 fully saturated rings. The van der Waals surface area contributed by atoms with Crippen molar-refractivity contribution < 1.29 is 21.6 Å². The first-order chi connectivity index (χ1) is 6.96. The zero-order valence-electron chi connectivity index (χ0n) is 7.92. The minimum absolute atomic E-state index is 0.0128. The third kappa shape index (κ3) is 5.67. The normalized spacial score (nSPS) is 16.5. The first kappa shape index (κ1) is 14.3. The Morgan fingerprint density at radius 1 is 0.667 bits per heavy atom. The summed E-state index contributed by atoms with van der Waals surface area (Å²) in [4.78, 5) is 0. The Morgan fingerprint density at radius 2 is 0.933 bits per heavy atom. The maximum atomic E-state index is 13.9. The first-order valence-electron chi connectivity index (χ1n) is 4.17. The van der Waals surface area contributed by atoms with Gasteiger partial charge in [-0.2, -0.15) is 0 Å². The molecule has 0 aliphatic rings. The van der Waals surface area contributed by atoms with Crippen LogP contribution in [-0.2, 0) is 0 Å². The molecule has 0 aliphatic heterocycles. The Bertz CT molecular complexity index is 227. The van der Waals surface area contributed by atoms with Gasteiger partial charge in [-0.1, -0.05) is 0 Å². The van der Waals surface area contributed by atoms with Gasteiger partial charge in [0.15, 0.2) is 0 Å². The van der Waals surface area contributed by atoms with E-state index in [4.69, 9.17) is 0 Å². The fourth-order valence-corrected chi connectivity index (χ4v) is 3.09. The van der Waals surface area contributed by atoms with Crippen molar-refractivity contribution in [2.24, 2.45) is 0 Å². The van der Waals surface area contributed by atoms with Gasteiger partial charge in [0, 0.05) is 0 Å². The maximum absolute atomic E-state index is 13.9. The number of allylic oxidation sites excluding steroid dienone is 3. The van der Waals surface area contributed by atoms with E-state index in [-0.39, 0.29) is 19.0 Å². The van der Waals surface area contributed by atoms with Gasteiger partial charge >= 0.3 is 84.5 Å². The van der Waals surface area contributed by atoms with E-state index in [1.165, 1.54) is 0 Å². The van der Waals surface area contributed by atoms with Crippen LogP contribution in [-0.4, -0.2) is 18.5 Å². The molecule has 0 spiro atoms. The van der Waals surface area contributed by atoms with Crippen molar-refractivity contribution >= 4 is 7.22 Å². The van der Waals surface area contributed by atoms with Crippen molar-refractivity contribution in [2.45, 2.75) is 0 Å². The van der Waals surface area contributed by atoms with Crippen molar-refractivity contribution in [3.8, 4) is 0 Å². The van der Waals surface area contributed by atoms with Gasteiger partial charge in [0.1, 0.15) is 0 Å². The summed E-state index contributed by atoms with van der Waals surface area (Å²) in [5, 5.41) is 0. The van der Waals surface area contributed by atoms with Gasteiger partial charge < -0.3 is 0 Å². The third-order valence-electron chi connectivity index (χ3n) is 1.77. The molecule has 0 nitrogen and oxygen atoms in total. The fourth-order valence-electron chi connectivity index (χ4n) is 1.03. The molecule has 0 amide bonds. The monoisotopic (exact) mass is 246 g/mol. The van der Waals surface area contributed by atoms with E-state index < -0.39 is 25.7 Å². The van der Waals surface area contributed by atoms with E-state index in [0.29, 0.717) is 18.2 Å². The number of rotatable bonds is 6. The Kier molecular flexibility index (Phi) is 5.73. The number of hydrogen-bond donors (Lipinski definition) is 0. The van der Waals surface area contributed by atoms with Gasteiger partial charge in [-0.25, -0.2) is 0 Å². The molecule has 0 radical (unpaired) electrons. The number of hydrogen-bond acceptors (Lipinski definition) is 0. The van der Waals surface area contributed by atoms with Crippen LogP contribution in [0.5, 0.6) is 0 Å². The van der Waals surface area contributed by atoms with Crippen LogP contribution in [0.3, 0.4) is 0 Å². The summed E-state index contributed by atoms with van der Waals surface area (Å²) in [5.41, 5.74) is 0. The molecular weight excluding hydrogens is 234 g/mol. The first-order valence-corrected chi connectivity index (χ1v) is 6.74. The standard InChI is InChI=1S/C9H12F5P/c10-4-1-7-15(13,14,8-2-5-11)9-3-6-12/h1-6H,7-9H2. The molecule has 0 atom stereocenters. The molecule has 6 heteroatoms. The zero-order chi connectivity index (χ0) is 11.8. The summed E-state index contributed by atoms with van der Waals surface area (Å²) in [6.45, 7) is 0. The summed E-state index contributed by atoms with van der Waals surface area (Å²) >= 11 is 0. The summed E-state index contributed by atoms with van der Waals surface area (Å²) in [6, 6.07) is 0. The molecule has 0 aromatic heterocycles. The Labute approximate surface area is 85.3 Å². The third-order valence-corrected chi connectivity index (χ3v) is 4.78. The van der Waals surface area contributed by atoms with E-state index in [9.17, 15) is 21.6 Å². The summed E-state index contributed by atoms with van der Waals surface area (Å²) < 4.78 is 62.7. The average Bonchev–Trinajstić information content (AvgIpc) is 2.22. The van der Waals surface area contributed by atoms with Gasteiger partial charge in [0.25, 0.3) is 0 Å². The van der Waals surface area contributed by atoms with Crippen molar-refractivity contribution in [1.29, 1.82) is 0 Å². The number of halogens is 5.